The van der Waals surface area contributed by atoms with E-state index >= 15 is 0 Å². The van der Waals surface area contributed by atoms with Crippen molar-refractivity contribution in [3.63, 3.8) is 0 Å². The molecule has 0 spiro atoms. The zero-order chi connectivity index (χ0) is 16.9. The highest BCUT2D eigenvalue weighted by atomic mass is 16.5. The molecular formula is C19H26N2O3. The average Bonchev–Trinajstić information content (AvgIpc) is 3.22. The third kappa shape index (κ3) is 3.96. The van der Waals surface area contributed by atoms with E-state index in [0.717, 1.165) is 19.5 Å². The molecule has 1 aromatic rings. The van der Waals surface area contributed by atoms with E-state index < -0.39 is 0 Å². The number of carbonyl (C=O) groups excluding carboxylic acids is 2. The van der Waals surface area contributed by atoms with Crippen molar-refractivity contribution in [2.75, 3.05) is 32.8 Å². The Morgan fingerprint density at radius 3 is 2.75 bits per heavy atom. The van der Waals surface area contributed by atoms with Crippen LogP contribution in [-0.2, 0) is 20.9 Å². The Hall–Kier alpha value is -1.88. The van der Waals surface area contributed by atoms with Gasteiger partial charge >= 0.3 is 0 Å². The van der Waals surface area contributed by atoms with E-state index in [2.05, 4.69) is 12.1 Å². The first-order chi connectivity index (χ1) is 11.7. The molecule has 2 amide bonds. The quantitative estimate of drug-likeness (QED) is 0.801. The Morgan fingerprint density at radius 2 is 2.04 bits per heavy atom. The monoisotopic (exact) mass is 330 g/mol. The van der Waals surface area contributed by atoms with Gasteiger partial charge in [0.2, 0.25) is 11.8 Å². The van der Waals surface area contributed by atoms with Gasteiger partial charge in [-0.15, -0.1) is 0 Å². The summed E-state index contributed by atoms with van der Waals surface area (Å²) in [6, 6.07) is 10.1. The van der Waals surface area contributed by atoms with E-state index in [1.54, 1.807) is 4.90 Å². The number of hydrogen-bond donors (Lipinski definition) is 0. The number of amides is 2. The number of rotatable bonds is 6. The highest BCUT2D eigenvalue weighted by Crippen LogP contribution is 2.24. The summed E-state index contributed by atoms with van der Waals surface area (Å²) in [7, 11) is 0. The maximum Gasteiger partial charge on any atom is 0.228 e. The minimum absolute atomic E-state index is 0.109. The van der Waals surface area contributed by atoms with Crippen LogP contribution in [0.1, 0.15) is 25.3 Å². The molecule has 5 nitrogen and oxygen atoms in total. The van der Waals surface area contributed by atoms with Crippen molar-refractivity contribution in [1.29, 1.82) is 0 Å². The van der Waals surface area contributed by atoms with E-state index in [1.807, 2.05) is 30.0 Å². The van der Waals surface area contributed by atoms with Gasteiger partial charge in [0, 0.05) is 38.5 Å². The Bertz CT molecular complexity index is 575. The highest BCUT2D eigenvalue weighted by Gasteiger charge is 2.37. The van der Waals surface area contributed by atoms with Crippen molar-refractivity contribution in [3.8, 4) is 0 Å². The van der Waals surface area contributed by atoms with Crippen LogP contribution in [0.3, 0.4) is 0 Å². The van der Waals surface area contributed by atoms with Crippen molar-refractivity contribution in [3.05, 3.63) is 35.9 Å². The molecule has 0 saturated carbocycles. The molecule has 2 aliphatic heterocycles. The fraction of sp³-hybridized carbons (Fsp3) is 0.579. The van der Waals surface area contributed by atoms with Gasteiger partial charge in [0.1, 0.15) is 0 Å². The van der Waals surface area contributed by atoms with Gasteiger partial charge in [-0.3, -0.25) is 9.59 Å². The fourth-order valence-electron chi connectivity index (χ4n) is 3.59. The van der Waals surface area contributed by atoms with Crippen molar-refractivity contribution in [2.24, 2.45) is 11.8 Å². The second kappa shape index (κ2) is 7.79. The second-order valence-corrected chi connectivity index (χ2v) is 6.77. The molecular weight excluding hydrogens is 304 g/mol. The summed E-state index contributed by atoms with van der Waals surface area (Å²) in [4.78, 5) is 28.1. The van der Waals surface area contributed by atoms with E-state index in [-0.39, 0.29) is 17.7 Å². The van der Waals surface area contributed by atoms with E-state index in [4.69, 9.17) is 4.74 Å². The normalized spacial score (nSPS) is 24.0. The molecule has 2 saturated heterocycles. The summed E-state index contributed by atoms with van der Waals surface area (Å²) < 4.78 is 5.81. The standard InChI is InChI=1S/C19H26N2O3/c1-2-20-12-17(10-18(20)22)19(23)21-9-8-16(11-21)14-24-13-15-6-4-3-5-7-15/h3-7,16-17H,2,8-14H2,1H3/t16-,17+/m0/s1. The number of nitrogens with zero attached hydrogens (tertiary/aromatic N) is 2. The minimum Gasteiger partial charge on any atom is -0.376 e. The van der Waals surface area contributed by atoms with Crippen LogP contribution in [0.15, 0.2) is 30.3 Å². The molecule has 0 radical (unpaired) electrons. The maximum absolute atomic E-state index is 12.6. The van der Waals surface area contributed by atoms with Crippen LogP contribution in [0.4, 0.5) is 0 Å². The molecule has 2 heterocycles. The molecule has 5 heteroatoms. The van der Waals surface area contributed by atoms with Gasteiger partial charge in [-0.1, -0.05) is 30.3 Å². The van der Waals surface area contributed by atoms with Gasteiger partial charge in [-0.05, 0) is 18.9 Å². The number of carbonyl (C=O) groups is 2. The molecule has 0 aromatic heterocycles. The predicted molar refractivity (Wildman–Crippen MR) is 91.1 cm³/mol. The largest absolute Gasteiger partial charge is 0.376 e. The first-order valence-electron chi connectivity index (χ1n) is 8.85. The first kappa shape index (κ1) is 17.0. The van der Waals surface area contributed by atoms with Crippen LogP contribution in [-0.4, -0.2) is 54.4 Å². The van der Waals surface area contributed by atoms with Crippen LogP contribution >= 0.6 is 0 Å². The number of ether oxygens (including phenoxy) is 1. The van der Waals surface area contributed by atoms with Crippen LogP contribution in [0, 0.1) is 11.8 Å². The van der Waals surface area contributed by atoms with Crippen LogP contribution in [0.2, 0.25) is 0 Å². The Balaban J connectivity index is 1.42. The summed E-state index contributed by atoms with van der Waals surface area (Å²) in [5.41, 5.74) is 1.17. The van der Waals surface area contributed by atoms with Crippen molar-refractivity contribution < 1.29 is 14.3 Å². The Labute approximate surface area is 143 Å². The maximum atomic E-state index is 12.6. The third-order valence-corrected chi connectivity index (χ3v) is 5.01. The summed E-state index contributed by atoms with van der Waals surface area (Å²) in [6.45, 7) is 6.08. The van der Waals surface area contributed by atoms with Gasteiger partial charge in [0.05, 0.1) is 19.1 Å². The van der Waals surface area contributed by atoms with E-state index in [9.17, 15) is 9.59 Å². The zero-order valence-electron chi connectivity index (χ0n) is 14.3. The molecule has 3 rings (SSSR count). The molecule has 0 bridgehead atoms. The summed E-state index contributed by atoms with van der Waals surface area (Å²) in [5.74, 6) is 0.501. The predicted octanol–water partition coefficient (Wildman–Crippen LogP) is 1.92. The van der Waals surface area contributed by atoms with Crippen LogP contribution in [0.25, 0.3) is 0 Å². The van der Waals surface area contributed by atoms with Crippen LogP contribution < -0.4 is 0 Å². The SMILES string of the molecule is CCN1C[C@H](C(=O)N2CC[C@H](COCc3ccccc3)C2)CC1=O. The molecule has 130 valence electrons. The van der Waals surface area contributed by atoms with Crippen molar-refractivity contribution in [2.45, 2.75) is 26.4 Å². The lowest BCUT2D eigenvalue weighted by molar-refractivity contribution is -0.135. The molecule has 2 aliphatic rings. The summed E-state index contributed by atoms with van der Waals surface area (Å²) in [6.07, 6.45) is 1.36. The Kier molecular flexibility index (Phi) is 5.51. The lowest BCUT2D eigenvalue weighted by Gasteiger charge is -2.20. The molecule has 0 unspecified atom stereocenters. The van der Waals surface area contributed by atoms with Gasteiger partial charge in [-0.2, -0.15) is 0 Å². The lowest BCUT2D eigenvalue weighted by Crippen LogP contribution is -2.36. The molecule has 1 aromatic carbocycles. The molecule has 24 heavy (non-hydrogen) atoms. The number of benzene rings is 1. The van der Waals surface area contributed by atoms with Gasteiger partial charge in [0.25, 0.3) is 0 Å². The average molecular weight is 330 g/mol. The molecule has 0 aliphatic carbocycles. The van der Waals surface area contributed by atoms with E-state index in [0.29, 0.717) is 38.6 Å². The topological polar surface area (TPSA) is 49.9 Å². The van der Waals surface area contributed by atoms with Crippen LogP contribution in [0.5, 0.6) is 0 Å². The zero-order valence-corrected chi connectivity index (χ0v) is 14.3. The lowest BCUT2D eigenvalue weighted by atomic mass is 10.1. The highest BCUT2D eigenvalue weighted by molar-refractivity contribution is 5.89. The molecule has 0 N–H and O–H groups in total. The first-order valence-corrected chi connectivity index (χ1v) is 8.85. The minimum atomic E-state index is -0.151. The number of hydrogen-bond acceptors (Lipinski definition) is 3. The second-order valence-electron chi connectivity index (χ2n) is 6.77. The summed E-state index contributed by atoms with van der Waals surface area (Å²) in [5, 5.41) is 0. The molecule has 2 atom stereocenters. The van der Waals surface area contributed by atoms with Gasteiger partial charge < -0.3 is 14.5 Å². The van der Waals surface area contributed by atoms with Crippen molar-refractivity contribution >= 4 is 11.8 Å². The van der Waals surface area contributed by atoms with Gasteiger partial charge in [0.15, 0.2) is 0 Å². The number of likely N-dealkylation sites (tertiary alicyclic amines) is 2. The van der Waals surface area contributed by atoms with Crippen molar-refractivity contribution in [1.82, 2.24) is 9.80 Å². The third-order valence-electron chi connectivity index (χ3n) is 5.01. The molecule has 2 fully saturated rings. The summed E-state index contributed by atoms with van der Waals surface area (Å²) >= 11 is 0. The van der Waals surface area contributed by atoms with Gasteiger partial charge in [-0.25, -0.2) is 0 Å². The Morgan fingerprint density at radius 1 is 1.25 bits per heavy atom. The smallest absolute Gasteiger partial charge is 0.228 e. The van der Waals surface area contributed by atoms with E-state index in [1.165, 1.54) is 5.56 Å². The fourth-order valence-corrected chi connectivity index (χ4v) is 3.59.